The first-order chi connectivity index (χ1) is 6.55. The molecule has 2 fully saturated rings. The van der Waals surface area contributed by atoms with Crippen LogP contribution in [0.25, 0.3) is 0 Å². The molecule has 1 unspecified atom stereocenters. The average molecular weight is 198 g/mol. The SMILES string of the molecule is COC1(C)CCN(CC2(N)CCC2)C1. The molecule has 0 aromatic rings. The molecule has 1 atom stereocenters. The van der Waals surface area contributed by atoms with Gasteiger partial charge in [-0.3, -0.25) is 4.90 Å². The van der Waals surface area contributed by atoms with Gasteiger partial charge in [0.2, 0.25) is 0 Å². The van der Waals surface area contributed by atoms with Crippen molar-refractivity contribution in [2.45, 2.75) is 43.7 Å². The highest BCUT2D eigenvalue weighted by molar-refractivity contribution is 4.98. The van der Waals surface area contributed by atoms with Crippen molar-refractivity contribution in [3.63, 3.8) is 0 Å². The number of likely N-dealkylation sites (tertiary alicyclic amines) is 1. The first-order valence-corrected chi connectivity index (χ1v) is 5.62. The van der Waals surface area contributed by atoms with Crippen molar-refractivity contribution < 1.29 is 4.74 Å². The number of methoxy groups -OCH3 is 1. The molecule has 1 aliphatic carbocycles. The Balaban J connectivity index is 1.84. The van der Waals surface area contributed by atoms with E-state index in [1.54, 1.807) is 0 Å². The molecule has 3 heteroatoms. The highest BCUT2D eigenvalue weighted by atomic mass is 16.5. The largest absolute Gasteiger partial charge is 0.377 e. The van der Waals surface area contributed by atoms with Gasteiger partial charge in [-0.05, 0) is 32.6 Å². The number of hydrogen-bond donors (Lipinski definition) is 1. The first-order valence-electron chi connectivity index (χ1n) is 5.62. The molecule has 1 saturated carbocycles. The van der Waals surface area contributed by atoms with Crippen LogP contribution in [0.15, 0.2) is 0 Å². The van der Waals surface area contributed by atoms with Gasteiger partial charge in [-0.15, -0.1) is 0 Å². The smallest absolute Gasteiger partial charge is 0.0789 e. The molecule has 0 aromatic heterocycles. The molecule has 0 aromatic carbocycles. The van der Waals surface area contributed by atoms with E-state index in [1.165, 1.54) is 19.3 Å². The number of rotatable bonds is 3. The van der Waals surface area contributed by atoms with Gasteiger partial charge in [0.15, 0.2) is 0 Å². The Kier molecular flexibility index (Phi) is 2.58. The Labute approximate surface area is 86.6 Å². The van der Waals surface area contributed by atoms with Gasteiger partial charge in [0.1, 0.15) is 0 Å². The Morgan fingerprint density at radius 1 is 1.36 bits per heavy atom. The third-order valence-electron chi connectivity index (χ3n) is 3.90. The van der Waals surface area contributed by atoms with E-state index in [9.17, 15) is 0 Å². The lowest BCUT2D eigenvalue weighted by atomic mass is 9.77. The zero-order chi connectivity index (χ0) is 10.2. The molecule has 1 saturated heterocycles. The monoisotopic (exact) mass is 198 g/mol. The topological polar surface area (TPSA) is 38.5 Å². The summed E-state index contributed by atoms with van der Waals surface area (Å²) in [5.41, 5.74) is 6.42. The van der Waals surface area contributed by atoms with E-state index in [2.05, 4.69) is 11.8 Å². The Hall–Kier alpha value is -0.120. The molecule has 82 valence electrons. The Bertz CT molecular complexity index is 215. The summed E-state index contributed by atoms with van der Waals surface area (Å²) < 4.78 is 5.51. The van der Waals surface area contributed by atoms with E-state index in [1.807, 2.05) is 7.11 Å². The maximum atomic E-state index is 6.23. The van der Waals surface area contributed by atoms with Gasteiger partial charge in [-0.1, -0.05) is 0 Å². The van der Waals surface area contributed by atoms with E-state index < -0.39 is 0 Å². The predicted octanol–water partition coefficient (Wildman–Crippen LogP) is 0.979. The van der Waals surface area contributed by atoms with Crippen molar-refractivity contribution in [2.75, 3.05) is 26.7 Å². The summed E-state index contributed by atoms with van der Waals surface area (Å²) in [4.78, 5) is 2.46. The second-order valence-electron chi connectivity index (χ2n) is 5.33. The lowest BCUT2D eigenvalue weighted by Gasteiger charge is -2.41. The fraction of sp³-hybridized carbons (Fsp3) is 1.00. The molecule has 0 bridgehead atoms. The predicted molar refractivity (Wildman–Crippen MR) is 57.2 cm³/mol. The summed E-state index contributed by atoms with van der Waals surface area (Å²) in [5.74, 6) is 0. The summed E-state index contributed by atoms with van der Waals surface area (Å²) in [6, 6.07) is 0. The molecule has 2 rings (SSSR count). The van der Waals surface area contributed by atoms with Crippen LogP contribution in [-0.4, -0.2) is 42.8 Å². The van der Waals surface area contributed by atoms with E-state index in [4.69, 9.17) is 10.5 Å². The first kappa shape index (κ1) is 10.4. The highest BCUT2D eigenvalue weighted by Crippen LogP contribution is 2.32. The fourth-order valence-corrected chi connectivity index (χ4v) is 2.56. The lowest BCUT2D eigenvalue weighted by Crippen LogP contribution is -2.55. The molecule has 2 aliphatic rings. The van der Waals surface area contributed by atoms with Gasteiger partial charge in [-0.2, -0.15) is 0 Å². The van der Waals surface area contributed by atoms with Crippen LogP contribution in [0, 0.1) is 0 Å². The second-order valence-corrected chi connectivity index (χ2v) is 5.33. The Morgan fingerprint density at radius 3 is 2.50 bits per heavy atom. The van der Waals surface area contributed by atoms with E-state index in [-0.39, 0.29) is 11.1 Å². The minimum absolute atomic E-state index is 0.0696. The summed E-state index contributed by atoms with van der Waals surface area (Å²) in [6.45, 7) is 5.44. The summed E-state index contributed by atoms with van der Waals surface area (Å²) in [7, 11) is 1.81. The molecule has 3 nitrogen and oxygen atoms in total. The van der Waals surface area contributed by atoms with Gasteiger partial charge in [0.05, 0.1) is 5.60 Å². The van der Waals surface area contributed by atoms with Crippen LogP contribution >= 0.6 is 0 Å². The van der Waals surface area contributed by atoms with Gasteiger partial charge in [0.25, 0.3) is 0 Å². The van der Waals surface area contributed by atoms with Crippen LogP contribution in [0.4, 0.5) is 0 Å². The number of hydrogen-bond acceptors (Lipinski definition) is 3. The van der Waals surface area contributed by atoms with Crippen molar-refractivity contribution in [3.05, 3.63) is 0 Å². The molecular weight excluding hydrogens is 176 g/mol. The maximum Gasteiger partial charge on any atom is 0.0789 e. The molecule has 1 heterocycles. The standard InChI is InChI=1S/C11H22N2O/c1-10(14-2)6-7-13(8-10)9-11(12)4-3-5-11/h3-9,12H2,1-2H3. The second kappa shape index (κ2) is 3.47. The zero-order valence-electron chi connectivity index (χ0n) is 9.38. The van der Waals surface area contributed by atoms with Crippen LogP contribution in [0.2, 0.25) is 0 Å². The van der Waals surface area contributed by atoms with Crippen LogP contribution in [0.5, 0.6) is 0 Å². The Morgan fingerprint density at radius 2 is 2.07 bits per heavy atom. The van der Waals surface area contributed by atoms with Crippen molar-refractivity contribution >= 4 is 0 Å². The van der Waals surface area contributed by atoms with Crippen molar-refractivity contribution in [1.29, 1.82) is 0 Å². The van der Waals surface area contributed by atoms with Crippen molar-refractivity contribution in [2.24, 2.45) is 5.73 Å². The molecule has 2 N–H and O–H groups in total. The van der Waals surface area contributed by atoms with E-state index >= 15 is 0 Å². The maximum absolute atomic E-state index is 6.23. The molecule has 0 radical (unpaired) electrons. The molecule has 1 aliphatic heterocycles. The number of ether oxygens (including phenoxy) is 1. The normalized spacial score (nSPS) is 37.1. The van der Waals surface area contributed by atoms with Gasteiger partial charge in [0, 0.05) is 32.3 Å². The van der Waals surface area contributed by atoms with Crippen LogP contribution in [0.1, 0.15) is 32.6 Å². The quantitative estimate of drug-likeness (QED) is 0.734. The highest BCUT2D eigenvalue weighted by Gasteiger charge is 2.39. The number of nitrogens with zero attached hydrogens (tertiary/aromatic N) is 1. The minimum Gasteiger partial charge on any atom is -0.377 e. The van der Waals surface area contributed by atoms with Crippen molar-refractivity contribution in [1.82, 2.24) is 4.90 Å². The average Bonchev–Trinajstić information content (AvgIpc) is 2.46. The molecular formula is C11H22N2O. The third kappa shape index (κ3) is 1.95. The van der Waals surface area contributed by atoms with E-state index in [0.717, 1.165) is 26.1 Å². The van der Waals surface area contributed by atoms with Crippen LogP contribution < -0.4 is 5.73 Å². The van der Waals surface area contributed by atoms with Gasteiger partial charge >= 0.3 is 0 Å². The number of nitrogens with two attached hydrogens (primary N) is 1. The molecule has 0 amide bonds. The summed E-state index contributed by atoms with van der Waals surface area (Å²) in [5, 5.41) is 0. The molecule has 14 heavy (non-hydrogen) atoms. The lowest BCUT2D eigenvalue weighted by molar-refractivity contribution is 0.0116. The third-order valence-corrected chi connectivity index (χ3v) is 3.90. The fourth-order valence-electron chi connectivity index (χ4n) is 2.56. The van der Waals surface area contributed by atoms with E-state index in [0.29, 0.717) is 0 Å². The van der Waals surface area contributed by atoms with Crippen molar-refractivity contribution in [3.8, 4) is 0 Å². The van der Waals surface area contributed by atoms with Crippen LogP contribution in [-0.2, 0) is 4.74 Å². The summed E-state index contributed by atoms with van der Waals surface area (Å²) >= 11 is 0. The van der Waals surface area contributed by atoms with Gasteiger partial charge in [-0.25, -0.2) is 0 Å². The summed E-state index contributed by atoms with van der Waals surface area (Å²) in [6.07, 6.45) is 4.85. The van der Waals surface area contributed by atoms with Gasteiger partial charge < -0.3 is 10.5 Å². The molecule has 0 spiro atoms. The zero-order valence-corrected chi connectivity index (χ0v) is 9.38. The van der Waals surface area contributed by atoms with Crippen LogP contribution in [0.3, 0.4) is 0 Å². The minimum atomic E-state index is 0.0696.